The van der Waals surface area contributed by atoms with Crippen molar-refractivity contribution in [2.45, 2.75) is 25.9 Å². The van der Waals surface area contributed by atoms with Crippen LogP contribution in [0.25, 0.3) is 5.57 Å². The van der Waals surface area contributed by atoms with E-state index in [9.17, 15) is 34.8 Å². The molecule has 0 bridgehead atoms. The highest BCUT2D eigenvalue weighted by atomic mass is 16.5. The fourth-order valence-electron chi connectivity index (χ4n) is 4.24. The predicted molar refractivity (Wildman–Crippen MR) is 104 cm³/mol. The summed E-state index contributed by atoms with van der Waals surface area (Å²) >= 11 is 0. The van der Waals surface area contributed by atoms with Gasteiger partial charge in [0.25, 0.3) is 0 Å². The van der Waals surface area contributed by atoms with Gasteiger partial charge in [0.2, 0.25) is 5.78 Å². The van der Waals surface area contributed by atoms with E-state index in [1.165, 1.54) is 13.2 Å². The van der Waals surface area contributed by atoms with Gasteiger partial charge in [-0.2, -0.15) is 0 Å². The summed E-state index contributed by atoms with van der Waals surface area (Å²) in [5.74, 6) is -4.03. The van der Waals surface area contributed by atoms with E-state index >= 15 is 0 Å². The molecule has 8 nitrogen and oxygen atoms in total. The molecule has 0 spiro atoms. The minimum atomic E-state index is -1.21. The van der Waals surface area contributed by atoms with Gasteiger partial charge in [-0.25, -0.2) is 4.79 Å². The van der Waals surface area contributed by atoms with Gasteiger partial charge >= 0.3 is 5.97 Å². The number of aliphatic hydroxyl groups is 1. The Bertz CT molecular complexity index is 1190. The third-order valence-electron chi connectivity index (χ3n) is 5.64. The van der Waals surface area contributed by atoms with E-state index in [0.717, 1.165) is 12.1 Å². The number of ether oxygens (including phenoxy) is 1. The van der Waals surface area contributed by atoms with Gasteiger partial charge < -0.3 is 25.2 Å². The van der Waals surface area contributed by atoms with Crippen LogP contribution in [0.5, 0.6) is 17.2 Å². The van der Waals surface area contributed by atoms with E-state index < -0.39 is 52.0 Å². The van der Waals surface area contributed by atoms with Crippen LogP contribution in [0.4, 0.5) is 0 Å². The number of ketones is 2. The molecule has 0 saturated carbocycles. The first-order chi connectivity index (χ1) is 14.2. The molecule has 0 aliphatic heterocycles. The predicted octanol–water partition coefficient (Wildman–Crippen LogP) is 2.35. The number of hydrogen-bond donors (Lipinski definition) is 4. The van der Waals surface area contributed by atoms with Crippen molar-refractivity contribution in [1.29, 1.82) is 0 Å². The van der Waals surface area contributed by atoms with Crippen LogP contribution in [-0.2, 0) is 9.53 Å². The maximum absolute atomic E-state index is 13.1. The van der Waals surface area contributed by atoms with E-state index in [4.69, 9.17) is 4.74 Å². The molecule has 0 amide bonds. The van der Waals surface area contributed by atoms with Gasteiger partial charge in [0.05, 0.1) is 35.5 Å². The van der Waals surface area contributed by atoms with Crippen LogP contribution in [0.2, 0.25) is 0 Å². The Balaban J connectivity index is 2.09. The first-order valence-electron chi connectivity index (χ1n) is 9.25. The van der Waals surface area contributed by atoms with Crippen molar-refractivity contribution in [3.63, 3.8) is 0 Å². The molecule has 8 heteroatoms. The van der Waals surface area contributed by atoms with Gasteiger partial charge in [0.15, 0.2) is 5.78 Å². The number of benzene rings is 2. The van der Waals surface area contributed by atoms with Gasteiger partial charge in [-0.05, 0) is 36.6 Å². The van der Waals surface area contributed by atoms with Gasteiger partial charge in [0, 0.05) is 11.1 Å². The summed E-state index contributed by atoms with van der Waals surface area (Å²) in [6, 6.07) is 3.41. The van der Waals surface area contributed by atoms with Gasteiger partial charge in [-0.1, -0.05) is 12.5 Å². The molecule has 0 radical (unpaired) electrons. The normalized spacial score (nSPS) is 17.4. The van der Waals surface area contributed by atoms with Crippen LogP contribution in [0.1, 0.15) is 68.8 Å². The van der Waals surface area contributed by atoms with Crippen LogP contribution in [0.15, 0.2) is 23.8 Å². The molecule has 0 unspecified atom stereocenters. The van der Waals surface area contributed by atoms with E-state index in [-0.39, 0.29) is 34.2 Å². The lowest BCUT2D eigenvalue weighted by molar-refractivity contribution is -0.133. The van der Waals surface area contributed by atoms with Crippen molar-refractivity contribution >= 4 is 23.1 Å². The van der Waals surface area contributed by atoms with Crippen molar-refractivity contribution < 1.29 is 39.5 Å². The highest BCUT2D eigenvalue weighted by molar-refractivity contribution is 6.32. The van der Waals surface area contributed by atoms with Crippen molar-refractivity contribution in [3.05, 3.63) is 57.2 Å². The number of hydrogen-bond acceptors (Lipinski definition) is 8. The van der Waals surface area contributed by atoms with Gasteiger partial charge in [-0.15, -0.1) is 0 Å². The third kappa shape index (κ3) is 2.47. The van der Waals surface area contributed by atoms with Crippen LogP contribution >= 0.6 is 0 Å². The maximum atomic E-state index is 13.1. The van der Waals surface area contributed by atoms with Crippen molar-refractivity contribution in [2.24, 2.45) is 0 Å². The van der Waals surface area contributed by atoms with Crippen molar-refractivity contribution in [2.75, 3.05) is 7.11 Å². The summed E-state index contributed by atoms with van der Waals surface area (Å²) in [4.78, 5) is 38.6. The quantitative estimate of drug-likeness (QED) is 0.373. The molecule has 2 aliphatic rings. The Morgan fingerprint density at radius 1 is 1.03 bits per heavy atom. The highest BCUT2D eigenvalue weighted by Crippen LogP contribution is 2.48. The number of fused-ring (bicyclic) bond motifs is 3. The van der Waals surface area contributed by atoms with Gasteiger partial charge in [0.1, 0.15) is 17.2 Å². The van der Waals surface area contributed by atoms with Crippen LogP contribution in [-0.4, -0.2) is 45.1 Å². The number of phenolic OH excluding ortho intramolecular Hbond substituents is 3. The molecule has 0 fully saturated rings. The third-order valence-corrected chi connectivity index (χ3v) is 5.64. The zero-order valence-electron chi connectivity index (χ0n) is 16.1. The molecule has 4 rings (SSSR count). The number of phenols is 3. The molecule has 0 saturated heterocycles. The molecule has 154 valence electrons. The van der Waals surface area contributed by atoms with E-state index in [0.29, 0.717) is 12.0 Å². The second-order valence-corrected chi connectivity index (χ2v) is 7.16. The number of carbonyl (C=O) groups excluding carboxylic acids is 3. The Morgan fingerprint density at radius 3 is 2.20 bits per heavy atom. The summed E-state index contributed by atoms with van der Waals surface area (Å²) in [7, 11) is 1.19. The summed E-state index contributed by atoms with van der Waals surface area (Å²) in [6.07, 6.45) is -0.746. The Labute approximate surface area is 170 Å². The average molecular weight is 410 g/mol. The molecule has 2 aliphatic carbocycles. The van der Waals surface area contributed by atoms with Crippen LogP contribution < -0.4 is 0 Å². The fourth-order valence-corrected chi connectivity index (χ4v) is 4.24. The fraction of sp³-hybridized carbons (Fsp3) is 0.227. The Morgan fingerprint density at radius 2 is 1.63 bits per heavy atom. The second kappa shape index (κ2) is 6.70. The van der Waals surface area contributed by atoms with Crippen molar-refractivity contribution in [1.82, 2.24) is 0 Å². The molecular weight excluding hydrogens is 392 g/mol. The molecular formula is C22H18O8. The molecule has 2 aromatic carbocycles. The number of rotatable bonds is 2. The minimum Gasteiger partial charge on any atom is -0.507 e. The first-order valence-corrected chi connectivity index (χ1v) is 9.25. The zero-order valence-corrected chi connectivity index (χ0v) is 16.1. The number of carbonyl (C=O) groups is 3. The Kier molecular flexibility index (Phi) is 4.39. The van der Waals surface area contributed by atoms with Crippen LogP contribution in [0, 0.1) is 0 Å². The molecule has 4 N–H and O–H groups in total. The Hall–Kier alpha value is -3.65. The summed E-state index contributed by atoms with van der Waals surface area (Å²) < 4.78 is 4.85. The zero-order chi connectivity index (χ0) is 21.9. The first kappa shape index (κ1) is 19.7. The molecule has 0 heterocycles. The van der Waals surface area contributed by atoms with E-state index in [2.05, 4.69) is 0 Å². The molecule has 2 aromatic rings. The SMILES string of the molecule is CCC1=C(C(=O)OC)c2cc3c(c(O)c2[C@H](O)C1)C(=O)c1c(O)ccc(O)c1C3=O. The average Bonchev–Trinajstić information content (AvgIpc) is 2.72. The maximum Gasteiger partial charge on any atom is 0.338 e. The second-order valence-electron chi connectivity index (χ2n) is 7.16. The molecule has 0 aromatic heterocycles. The van der Waals surface area contributed by atoms with E-state index in [1.54, 1.807) is 6.92 Å². The molecule has 1 atom stereocenters. The standard InChI is InChI=1S/C22H18O8/c1-3-8-6-13(25)15-9(14(8)22(29)30-2)7-10-16(20(15)27)21(28)18-12(24)5-4-11(23)17(18)19(10)26/h4-5,7,13,23-25,27H,3,6H2,1-2H3/t13-/m1/s1. The summed E-state index contributed by atoms with van der Waals surface area (Å²) in [5.41, 5.74) is -0.714. The number of esters is 1. The topological polar surface area (TPSA) is 141 Å². The lowest BCUT2D eigenvalue weighted by Crippen LogP contribution is -2.25. The highest BCUT2D eigenvalue weighted by Gasteiger charge is 2.41. The van der Waals surface area contributed by atoms with E-state index in [1.807, 2.05) is 0 Å². The lowest BCUT2D eigenvalue weighted by atomic mass is 9.75. The number of aromatic hydroxyl groups is 3. The molecule has 30 heavy (non-hydrogen) atoms. The largest absolute Gasteiger partial charge is 0.507 e. The lowest BCUT2D eigenvalue weighted by Gasteiger charge is -2.29. The number of methoxy groups -OCH3 is 1. The monoisotopic (exact) mass is 410 g/mol. The van der Waals surface area contributed by atoms with Gasteiger partial charge in [-0.3, -0.25) is 9.59 Å². The van der Waals surface area contributed by atoms with Crippen molar-refractivity contribution in [3.8, 4) is 17.2 Å². The summed E-state index contributed by atoms with van der Waals surface area (Å²) in [6.45, 7) is 1.79. The minimum absolute atomic E-state index is 0.0467. The van der Waals surface area contributed by atoms with Crippen LogP contribution in [0.3, 0.4) is 0 Å². The smallest absolute Gasteiger partial charge is 0.338 e. The summed E-state index contributed by atoms with van der Waals surface area (Å²) in [5, 5.41) is 41.8. The number of aliphatic hydroxyl groups excluding tert-OH is 1.